The van der Waals surface area contributed by atoms with Crippen molar-refractivity contribution in [1.29, 1.82) is 0 Å². The van der Waals surface area contributed by atoms with Crippen molar-refractivity contribution in [3.63, 3.8) is 0 Å². The van der Waals surface area contributed by atoms with E-state index in [1.165, 1.54) is 19.1 Å². The van der Waals surface area contributed by atoms with Crippen LogP contribution in [0.1, 0.15) is 77.1 Å². The molecule has 0 spiro atoms. The number of carbonyl (C=O) groups is 2. The van der Waals surface area contributed by atoms with Crippen LogP contribution < -0.4 is 5.32 Å². The molecule has 6 nitrogen and oxygen atoms in total. The topological polar surface area (TPSA) is 91.1 Å². The van der Waals surface area contributed by atoms with Gasteiger partial charge in [-0.15, -0.1) is 0 Å². The number of nitrogens with one attached hydrogen (secondary N) is 1. The molecule has 42 heavy (non-hydrogen) atoms. The third-order valence-electron chi connectivity index (χ3n) is 6.22. The van der Waals surface area contributed by atoms with E-state index < -0.39 is 11.8 Å². The highest BCUT2D eigenvalue weighted by atomic mass is 19.1. The Balaban J connectivity index is 3.48. The first-order valence-corrected chi connectivity index (χ1v) is 14.0. The van der Waals surface area contributed by atoms with Crippen LogP contribution in [0.2, 0.25) is 0 Å². The van der Waals surface area contributed by atoms with E-state index in [9.17, 15) is 18.4 Å². The zero-order valence-corrected chi connectivity index (χ0v) is 25.3. The molecule has 0 bridgehead atoms. The average molecular weight is 580 g/mol. The van der Waals surface area contributed by atoms with E-state index in [-0.39, 0.29) is 30.1 Å². The molecule has 226 valence electrons. The molecule has 0 saturated heterocycles. The van der Waals surface area contributed by atoms with Gasteiger partial charge in [-0.2, -0.15) is 0 Å². The summed E-state index contributed by atoms with van der Waals surface area (Å²) in [7, 11) is 0. The van der Waals surface area contributed by atoms with Crippen molar-refractivity contribution in [1.82, 2.24) is 5.32 Å². The van der Waals surface area contributed by atoms with Crippen molar-refractivity contribution >= 4 is 35.2 Å². The highest BCUT2D eigenvalue weighted by Gasteiger charge is 2.19. The fraction of sp³-hybridized carbons (Fsp3) is 0.353. The van der Waals surface area contributed by atoms with Crippen molar-refractivity contribution in [2.45, 2.75) is 72.8 Å². The Kier molecular flexibility index (Phi) is 16.2. The molecule has 0 aromatic heterocycles. The minimum absolute atomic E-state index is 0.0378. The number of nitrogens with zero attached hydrogens (tertiary/aromatic N) is 2. The van der Waals surface area contributed by atoms with Gasteiger partial charge in [0.15, 0.2) is 0 Å². The van der Waals surface area contributed by atoms with E-state index in [0.717, 1.165) is 11.6 Å². The number of carboxylic acids is 1. The van der Waals surface area contributed by atoms with Crippen molar-refractivity contribution in [3.05, 3.63) is 96.2 Å². The van der Waals surface area contributed by atoms with Crippen LogP contribution in [0.25, 0.3) is 0 Å². The summed E-state index contributed by atoms with van der Waals surface area (Å²) in [5.74, 6) is -1.95. The quantitative estimate of drug-likeness (QED) is 0.109. The summed E-state index contributed by atoms with van der Waals surface area (Å²) >= 11 is 0. The smallest absolute Gasteiger partial charge is 0.303 e. The summed E-state index contributed by atoms with van der Waals surface area (Å²) < 4.78 is 26.9. The molecule has 0 radical (unpaired) electrons. The van der Waals surface area contributed by atoms with Crippen molar-refractivity contribution in [2.75, 3.05) is 0 Å². The predicted octanol–water partition coefficient (Wildman–Crippen LogP) is 9.24. The number of hydrogen-bond acceptors (Lipinski definition) is 4. The van der Waals surface area contributed by atoms with Crippen LogP contribution in [0.5, 0.6) is 0 Å². The summed E-state index contributed by atoms with van der Waals surface area (Å²) in [5.41, 5.74) is 3.44. The van der Waals surface area contributed by atoms with Gasteiger partial charge in [0.2, 0.25) is 0 Å². The molecule has 0 aliphatic rings. The lowest BCUT2D eigenvalue weighted by atomic mass is 9.96. The Labute approximate surface area is 248 Å². The van der Waals surface area contributed by atoms with Gasteiger partial charge >= 0.3 is 5.97 Å². The lowest BCUT2D eigenvalue weighted by Gasteiger charge is -2.23. The number of rotatable bonds is 17. The average Bonchev–Trinajstić information content (AvgIpc) is 2.95. The van der Waals surface area contributed by atoms with Crippen LogP contribution in [-0.2, 0) is 4.79 Å². The SMILES string of the molecule is C=C/C(F)=C\C=C(/C)C(NC(=O)c1ccc(N=C(CC)/C(C=C)=C/C=C(\C)F)c(N=CCCCCC(=O)O)c1)C(C)C. The minimum atomic E-state index is -0.843. The van der Waals surface area contributed by atoms with Crippen LogP contribution in [0.15, 0.2) is 101 Å². The summed E-state index contributed by atoms with van der Waals surface area (Å²) in [6.07, 6.45) is 12.6. The maximum absolute atomic E-state index is 13.6. The number of amides is 1. The number of benzene rings is 1. The van der Waals surface area contributed by atoms with E-state index in [4.69, 9.17) is 10.1 Å². The number of aliphatic imine (C=N–C) groups is 2. The van der Waals surface area contributed by atoms with Gasteiger partial charge in [-0.05, 0) is 87.4 Å². The zero-order valence-electron chi connectivity index (χ0n) is 25.3. The van der Waals surface area contributed by atoms with Crippen molar-refractivity contribution in [3.8, 4) is 0 Å². The summed E-state index contributed by atoms with van der Waals surface area (Å²) in [4.78, 5) is 33.5. The van der Waals surface area contributed by atoms with E-state index in [2.05, 4.69) is 23.5 Å². The monoisotopic (exact) mass is 579 g/mol. The standard InChI is InChI=1S/C34H43F2N3O3/c1-8-26(17-16-25(7)35)29(10-3)38-30-20-18-27(22-31(30)37-21-13-11-12-14-32(40)41)34(42)39-33(23(4)5)24(6)15-19-28(36)9-2/h8-9,15-23,33H,1-2,10-14H2,3-7H3,(H,39,42)(H,40,41)/b24-15+,25-16+,26-17+,28-19+,37-21?,38-29?. The molecule has 1 aromatic carbocycles. The molecule has 0 fully saturated rings. The third kappa shape index (κ3) is 13.0. The fourth-order valence-corrected chi connectivity index (χ4v) is 3.93. The van der Waals surface area contributed by atoms with Gasteiger partial charge in [0.1, 0.15) is 5.83 Å². The number of carboxylic acid groups (broad SMARTS) is 1. The molecule has 1 rings (SSSR count). The number of aliphatic carboxylic acids is 1. The summed E-state index contributed by atoms with van der Waals surface area (Å²) in [5, 5.41) is 11.9. The third-order valence-corrected chi connectivity index (χ3v) is 6.22. The molecular formula is C34H43F2N3O3. The highest BCUT2D eigenvalue weighted by molar-refractivity contribution is 6.05. The lowest BCUT2D eigenvalue weighted by Crippen LogP contribution is -2.39. The Morgan fingerprint density at radius 3 is 2.31 bits per heavy atom. The summed E-state index contributed by atoms with van der Waals surface area (Å²) in [6.45, 7) is 16.3. The molecule has 0 saturated carbocycles. The zero-order chi connectivity index (χ0) is 31.7. The van der Waals surface area contributed by atoms with Crippen LogP contribution in [-0.4, -0.2) is 35.0 Å². The second kappa shape index (κ2) is 19.0. The minimum Gasteiger partial charge on any atom is -0.481 e. The Bertz CT molecular complexity index is 1300. The van der Waals surface area contributed by atoms with Gasteiger partial charge < -0.3 is 10.4 Å². The van der Waals surface area contributed by atoms with Crippen LogP contribution in [0.4, 0.5) is 20.2 Å². The molecule has 0 aliphatic carbocycles. The number of unbranched alkanes of at least 4 members (excludes halogenated alkanes) is 2. The van der Waals surface area contributed by atoms with Crippen LogP contribution in [0.3, 0.4) is 0 Å². The number of allylic oxidation sites excluding steroid dienone is 9. The molecule has 0 aliphatic heterocycles. The highest BCUT2D eigenvalue weighted by Crippen LogP contribution is 2.31. The molecular weight excluding hydrogens is 536 g/mol. The van der Waals surface area contributed by atoms with E-state index in [0.29, 0.717) is 53.9 Å². The van der Waals surface area contributed by atoms with Crippen molar-refractivity contribution in [2.24, 2.45) is 15.9 Å². The fourth-order valence-electron chi connectivity index (χ4n) is 3.93. The van der Waals surface area contributed by atoms with Gasteiger partial charge in [0.25, 0.3) is 5.91 Å². The van der Waals surface area contributed by atoms with Gasteiger partial charge in [-0.1, -0.05) is 57.7 Å². The molecule has 2 N–H and O–H groups in total. The second-order valence-electron chi connectivity index (χ2n) is 10.0. The van der Waals surface area contributed by atoms with Gasteiger partial charge in [0.05, 0.1) is 23.2 Å². The number of halogens is 2. The van der Waals surface area contributed by atoms with Gasteiger partial charge in [-0.25, -0.2) is 8.78 Å². The van der Waals surface area contributed by atoms with E-state index in [1.54, 1.807) is 42.6 Å². The maximum Gasteiger partial charge on any atom is 0.303 e. The first-order valence-electron chi connectivity index (χ1n) is 14.0. The maximum atomic E-state index is 13.6. The number of hydrogen-bond donors (Lipinski definition) is 2. The Morgan fingerprint density at radius 2 is 1.74 bits per heavy atom. The van der Waals surface area contributed by atoms with Crippen LogP contribution in [0, 0.1) is 5.92 Å². The van der Waals surface area contributed by atoms with Gasteiger partial charge in [-0.3, -0.25) is 19.6 Å². The molecule has 1 amide bonds. The van der Waals surface area contributed by atoms with Gasteiger partial charge in [0, 0.05) is 23.9 Å². The van der Waals surface area contributed by atoms with E-state index >= 15 is 0 Å². The van der Waals surface area contributed by atoms with Crippen molar-refractivity contribution < 1.29 is 23.5 Å². The molecule has 1 atom stereocenters. The second-order valence-corrected chi connectivity index (χ2v) is 10.0. The largest absolute Gasteiger partial charge is 0.481 e. The number of carbonyl (C=O) groups excluding carboxylic acids is 1. The summed E-state index contributed by atoms with van der Waals surface area (Å²) in [6, 6.07) is 4.66. The Morgan fingerprint density at radius 1 is 1.02 bits per heavy atom. The van der Waals surface area contributed by atoms with E-state index in [1.807, 2.05) is 27.7 Å². The predicted molar refractivity (Wildman–Crippen MR) is 170 cm³/mol. The Hall–Kier alpha value is -4.20. The lowest BCUT2D eigenvalue weighted by molar-refractivity contribution is -0.137. The normalized spacial score (nSPS) is 14.3. The van der Waals surface area contributed by atoms with Crippen LogP contribution >= 0.6 is 0 Å². The molecule has 1 aromatic rings. The first-order chi connectivity index (χ1) is 19.9. The molecule has 1 unspecified atom stereocenters. The molecule has 0 heterocycles. The first kappa shape index (κ1) is 35.8. The molecule has 8 heteroatoms.